The summed E-state index contributed by atoms with van der Waals surface area (Å²) in [5.41, 5.74) is 0.598. The van der Waals surface area contributed by atoms with Crippen LogP contribution in [-0.2, 0) is 11.3 Å². The van der Waals surface area contributed by atoms with Gasteiger partial charge in [0.1, 0.15) is 18.0 Å². The molecule has 0 radical (unpaired) electrons. The molecule has 7 heteroatoms. The number of carbonyl (C=O) groups excluding carboxylic acids is 1. The van der Waals surface area contributed by atoms with E-state index >= 15 is 0 Å². The molecule has 3 rings (SSSR count). The fourth-order valence-corrected chi connectivity index (χ4v) is 3.55. The van der Waals surface area contributed by atoms with E-state index in [1.807, 2.05) is 32.9 Å². The van der Waals surface area contributed by atoms with Crippen molar-refractivity contribution in [3.63, 3.8) is 0 Å². The van der Waals surface area contributed by atoms with Crippen LogP contribution in [0.4, 0.5) is 4.79 Å². The standard InChI is InChI=1S/C17H22BrClN2O3/c1-17(2,3)24-16(22)21-7-6-20-8-11-4-5-13(18)14(19)15(11)23-10-12(20)9-21/h4-5,12H,6-10H2,1-3H3/t12-/m1/s1. The number of rotatable bonds is 0. The minimum absolute atomic E-state index is 0.133. The summed E-state index contributed by atoms with van der Waals surface area (Å²) in [6, 6.07) is 4.11. The molecule has 0 aliphatic carbocycles. The summed E-state index contributed by atoms with van der Waals surface area (Å²) in [5, 5.41) is 0.608. The van der Waals surface area contributed by atoms with Crippen LogP contribution in [0.25, 0.3) is 0 Å². The Morgan fingerprint density at radius 2 is 2.12 bits per heavy atom. The average molecular weight is 418 g/mol. The number of fused-ring (bicyclic) bond motifs is 2. The Balaban J connectivity index is 1.72. The molecule has 0 spiro atoms. The molecular formula is C17H22BrClN2O3. The molecule has 2 heterocycles. The first-order valence-electron chi connectivity index (χ1n) is 8.06. The normalized spacial score (nSPS) is 21.4. The number of benzene rings is 1. The zero-order valence-electron chi connectivity index (χ0n) is 14.1. The van der Waals surface area contributed by atoms with Crippen LogP contribution in [0.15, 0.2) is 16.6 Å². The van der Waals surface area contributed by atoms with Gasteiger partial charge in [-0.25, -0.2) is 4.79 Å². The van der Waals surface area contributed by atoms with E-state index in [1.54, 1.807) is 4.90 Å². The molecule has 0 unspecified atom stereocenters. The lowest BCUT2D eigenvalue weighted by Gasteiger charge is -2.40. The first-order valence-corrected chi connectivity index (χ1v) is 9.23. The molecule has 0 saturated carbocycles. The molecule has 132 valence electrons. The second-order valence-corrected chi connectivity index (χ2v) is 8.44. The fraction of sp³-hybridized carbons (Fsp3) is 0.588. The quantitative estimate of drug-likeness (QED) is 0.642. The molecule has 1 amide bonds. The van der Waals surface area contributed by atoms with Crippen molar-refractivity contribution < 1.29 is 14.3 Å². The predicted molar refractivity (Wildman–Crippen MR) is 96.7 cm³/mol. The van der Waals surface area contributed by atoms with Crippen LogP contribution in [-0.4, -0.2) is 53.8 Å². The van der Waals surface area contributed by atoms with Gasteiger partial charge in [0.05, 0.1) is 11.1 Å². The SMILES string of the molecule is CC(C)(C)OC(=O)N1CCN2Cc3ccc(Br)c(Cl)c3OC[C@H]2C1. The number of hydrogen-bond acceptors (Lipinski definition) is 4. The van der Waals surface area contributed by atoms with E-state index in [0.29, 0.717) is 24.7 Å². The Morgan fingerprint density at radius 1 is 1.38 bits per heavy atom. The molecular weight excluding hydrogens is 396 g/mol. The third-order valence-corrected chi connectivity index (χ3v) is 5.45. The lowest BCUT2D eigenvalue weighted by molar-refractivity contribution is -0.00154. The number of halogens is 2. The summed E-state index contributed by atoms with van der Waals surface area (Å²) in [4.78, 5) is 16.4. The van der Waals surface area contributed by atoms with Gasteiger partial charge in [0.15, 0.2) is 0 Å². The zero-order chi connectivity index (χ0) is 17.5. The van der Waals surface area contributed by atoms with Crippen LogP contribution in [0, 0.1) is 0 Å². The maximum absolute atomic E-state index is 12.3. The van der Waals surface area contributed by atoms with E-state index in [0.717, 1.165) is 28.9 Å². The first-order chi connectivity index (χ1) is 11.2. The van der Waals surface area contributed by atoms with E-state index < -0.39 is 5.60 Å². The molecule has 0 bridgehead atoms. The van der Waals surface area contributed by atoms with Gasteiger partial charge in [-0.3, -0.25) is 4.90 Å². The summed E-state index contributed by atoms with van der Waals surface area (Å²) in [6.45, 7) is 8.97. The molecule has 1 fully saturated rings. The Kier molecular flexibility index (Phi) is 5.00. The highest BCUT2D eigenvalue weighted by molar-refractivity contribution is 9.10. The van der Waals surface area contributed by atoms with E-state index in [-0.39, 0.29) is 12.1 Å². The minimum atomic E-state index is -0.482. The van der Waals surface area contributed by atoms with E-state index in [9.17, 15) is 4.79 Å². The van der Waals surface area contributed by atoms with Gasteiger partial charge < -0.3 is 14.4 Å². The molecule has 1 aromatic rings. The molecule has 2 aliphatic heterocycles. The van der Waals surface area contributed by atoms with E-state index in [2.05, 4.69) is 20.8 Å². The lowest BCUT2D eigenvalue weighted by atomic mass is 10.1. The molecule has 1 atom stereocenters. The monoisotopic (exact) mass is 416 g/mol. The van der Waals surface area contributed by atoms with Gasteiger partial charge in [0.25, 0.3) is 0 Å². The zero-order valence-corrected chi connectivity index (χ0v) is 16.5. The number of nitrogens with zero attached hydrogens (tertiary/aromatic N) is 2. The van der Waals surface area contributed by atoms with Crippen molar-refractivity contribution in [3.05, 3.63) is 27.2 Å². The highest BCUT2D eigenvalue weighted by Gasteiger charge is 2.34. The van der Waals surface area contributed by atoms with Crippen LogP contribution in [0.2, 0.25) is 5.02 Å². The summed E-state index contributed by atoms with van der Waals surface area (Å²) >= 11 is 9.80. The highest BCUT2D eigenvalue weighted by Crippen LogP contribution is 2.38. The van der Waals surface area contributed by atoms with Crippen LogP contribution in [0.5, 0.6) is 5.75 Å². The van der Waals surface area contributed by atoms with Crippen LogP contribution in [0.1, 0.15) is 26.3 Å². The minimum Gasteiger partial charge on any atom is -0.490 e. The van der Waals surface area contributed by atoms with Gasteiger partial charge in [0, 0.05) is 36.2 Å². The van der Waals surface area contributed by atoms with Crippen molar-refractivity contribution in [2.75, 3.05) is 26.2 Å². The van der Waals surface area contributed by atoms with Crippen molar-refractivity contribution >= 4 is 33.6 Å². The number of ether oxygens (including phenoxy) is 2. The number of amides is 1. The summed E-state index contributed by atoms with van der Waals surface area (Å²) < 4.78 is 12.3. The fourth-order valence-electron chi connectivity index (χ4n) is 3.00. The number of hydrogen-bond donors (Lipinski definition) is 0. The van der Waals surface area contributed by atoms with Crippen LogP contribution >= 0.6 is 27.5 Å². The van der Waals surface area contributed by atoms with Crippen molar-refractivity contribution in [2.24, 2.45) is 0 Å². The number of piperazine rings is 1. The van der Waals surface area contributed by atoms with Gasteiger partial charge in [0.2, 0.25) is 0 Å². The van der Waals surface area contributed by atoms with Gasteiger partial charge in [-0.2, -0.15) is 0 Å². The van der Waals surface area contributed by atoms with Crippen LogP contribution < -0.4 is 4.74 Å². The van der Waals surface area contributed by atoms with Gasteiger partial charge in [-0.1, -0.05) is 17.7 Å². The van der Waals surface area contributed by atoms with E-state index in [4.69, 9.17) is 21.1 Å². The molecule has 1 saturated heterocycles. The molecule has 0 N–H and O–H groups in total. The second kappa shape index (κ2) is 6.73. The predicted octanol–water partition coefficient (Wildman–Crippen LogP) is 3.92. The van der Waals surface area contributed by atoms with E-state index in [1.165, 1.54) is 0 Å². The third-order valence-electron chi connectivity index (χ3n) is 4.18. The summed E-state index contributed by atoms with van der Waals surface area (Å²) in [5.74, 6) is 0.740. The topological polar surface area (TPSA) is 42.0 Å². The van der Waals surface area contributed by atoms with Gasteiger partial charge >= 0.3 is 6.09 Å². The first kappa shape index (κ1) is 17.8. The van der Waals surface area contributed by atoms with Gasteiger partial charge in [-0.15, -0.1) is 0 Å². The summed E-state index contributed by atoms with van der Waals surface area (Å²) in [6.07, 6.45) is -0.260. The van der Waals surface area contributed by atoms with Crippen molar-refractivity contribution in [1.82, 2.24) is 9.80 Å². The maximum atomic E-state index is 12.3. The highest BCUT2D eigenvalue weighted by atomic mass is 79.9. The average Bonchev–Trinajstić information content (AvgIpc) is 2.68. The Hall–Kier alpha value is -0.980. The lowest BCUT2D eigenvalue weighted by Crippen LogP contribution is -2.56. The Morgan fingerprint density at radius 3 is 2.83 bits per heavy atom. The van der Waals surface area contributed by atoms with Crippen molar-refractivity contribution in [3.8, 4) is 5.75 Å². The molecule has 24 heavy (non-hydrogen) atoms. The molecule has 0 aromatic heterocycles. The van der Waals surface area contributed by atoms with Gasteiger partial charge in [-0.05, 0) is 42.8 Å². The number of carbonyl (C=O) groups is 1. The largest absolute Gasteiger partial charge is 0.490 e. The summed E-state index contributed by atoms with van der Waals surface area (Å²) in [7, 11) is 0. The van der Waals surface area contributed by atoms with Crippen molar-refractivity contribution in [1.29, 1.82) is 0 Å². The molecule has 2 aliphatic rings. The Labute approximate surface area is 156 Å². The molecule has 1 aromatic carbocycles. The third kappa shape index (κ3) is 3.81. The Bertz CT molecular complexity index is 647. The smallest absolute Gasteiger partial charge is 0.410 e. The van der Waals surface area contributed by atoms with Crippen molar-refractivity contribution in [2.45, 2.75) is 39.0 Å². The maximum Gasteiger partial charge on any atom is 0.410 e. The second-order valence-electron chi connectivity index (χ2n) is 7.21. The van der Waals surface area contributed by atoms with Crippen LogP contribution in [0.3, 0.4) is 0 Å². The molecule has 5 nitrogen and oxygen atoms in total.